The third-order valence-electron chi connectivity index (χ3n) is 3.99. The van der Waals surface area contributed by atoms with Crippen LogP contribution in [0.1, 0.15) is 45.6 Å². The largest absolute Gasteiger partial charge is 0.397 e. The van der Waals surface area contributed by atoms with Crippen molar-refractivity contribution in [1.29, 1.82) is 0 Å². The number of nitrogen functional groups attached to an aromatic ring is 1. The highest BCUT2D eigenvalue weighted by Crippen LogP contribution is 2.32. The number of hydrogen-bond acceptors (Lipinski definition) is 3. The van der Waals surface area contributed by atoms with Gasteiger partial charge in [0.2, 0.25) is 5.91 Å². The van der Waals surface area contributed by atoms with Crippen molar-refractivity contribution in [2.24, 2.45) is 5.41 Å². The quantitative estimate of drug-likeness (QED) is 0.819. The van der Waals surface area contributed by atoms with E-state index in [9.17, 15) is 4.79 Å². The summed E-state index contributed by atoms with van der Waals surface area (Å²) >= 11 is 0. The summed E-state index contributed by atoms with van der Waals surface area (Å²) in [6.45, 7) is 9.94. The Morgan fingerprint density at radius 2 is 1.81 bits per heavy atom. The van der Waals surface area contributed by atoms with E-state index in [1.165, 1.54) is 30.5 Å². The van der Waals surface area contributed by atoms with E-state index in [1.807, 2.05) is 32.9 Å². The molecule has 0 spiro atoms. The SMILES string of the molecule is Cc1cc(N)c(NC(=O)C(C)(C)C)cc1N1CCCCC1. The van der Waals surface area contributed by atoms with Gasteiger partial charge in [-0.1, -0.05) is 20.8 Å². The average Bonchev–Trinajstić information content (AvgIpc) is 2.41. The molecule has 1 aliphatic heterocycles. The Morgan fingerprint density at radius 3 is 2.38 bits per heavy atom. The van der Waals surface area contributed by atoms with Gasteiger partial charge in [-0.25, -0.2) is 0 Å². The third-order valence-corrected chi connectivity index (χ3v) is 3.99. The molecule has 1 aromatic carbocycles. The molecule has 1 fully saturated rings. The fourth-order valence-electron chi connectivity index (χ4n) is 2.61. The maximum absolute atomic E-state index is 12.2. The monoisotopic (exact) mass is 289 g/mol. The van der Waals surface area contributed by atoms with Crippen LogP contribution >= 0.6 is 0 Å². The van der Waals surface area contributed by atoms with Crippen LogP contribution in [0.3, 0.4) is 0 Å². The molecular weight excluding hydrogens is 262 g/mol. The van der Waals surface area contributed by atoms with E-state index in [-0.39, 0.29) is 5.91 Å². The number of nitrogens with two attached hydrogens (primary N) is 1. The molecule has 1 saturated heterocycles. The molecule has 4 heteroatoms. The lowest BCUT2D eigenvalue weighted by molar-refractivity contribution is -0.123. The lowest BCUT2D eigenvalue weighted by Crippen LogP contribution is -2.31. The minimum absolute atomic E-state index is 0.0114. The van der Waals surface area contributed by atoms with Gasteiger partial charge in [-0.3, -0.25) is 4.79 Å². The van der Waals surface area contributed by atoms with Crippen LogP contribution in [0.15, 0.2) is 12.1 Å². The first kappa shape index (κ1) is 15.7. The number of rotatable bonds is 2. The van der Waals surface area contributed by atoms with Crippen molar-refractivity contribution in [1.82, 2.24) is 0 Å². The zero-order valence-corrected chi connectivity index (χ0v) is 13.6. The lowest BCUT2D eigenvalue weighted by atomic mass is 9.95. The van der Waals surface area contributed by atoms with E-state index in [0.717, 1.165) is 18.8 Å². The highest BCUT2D eigenvalue weighted by atomic mass is 16.2. The molecule has 0 saturated carbocycles. The molecule has 1 heterocycles. The van der Waals surface area contributed by atoms with Gasteiger partial charge in [0, 0.05) is 24.2 Å². The van der Waals surface area contributed by atoms with E-state index in [0.29, 0.717) is 5.69 Å². The van der Waals surface area contributed by atoms with Crippen molar-refractivity contribution < 1.29 is 4.79 Å². The van der Waals surface area contributed by atoms with Crippen LogP contribution in [0.25, 0.3) is 0 Å². The van der Waals surface area contributed by atoms with E-state index in [2.05, 4.69) is 17.1 Å². The van der Waals surface area contributed by atoms with Gasteiger partial charge in [0.05, 0.1) is 11.4 Å². The van der Waals surface area contributed by atoms with Gasteiger partial charge in [-0.15, -0.1) is 0 Å². The predicted octanol–water partition coefficient (Wildman–Crippen LogP) is 3.55. The molecule has 3 N–H and O–H groups in total. The minimum Gasteiger partial charge on any atom is -0.397 e. The molecule has 0 radical (unpaired) electrons. The van der Waals surface area contributed by atoms with E-state index < -0.39 is 5.41 Å². The number of carbonyl (C=O) groups excluding carboxylic acids is 1. The fourth-order valence-corrected chi connectivity index (χ4v) is 2.61. The Bertz CT molecular complexity index is 526. The number of nitrogens with one attached hydrogen (secondary N) is 1. The first-order valence-corrected chi connectivity index (χ1v) is 7.75. The van der Waals surface area contributed by atoms with Gasteiger partial charge in [-0.05, 0) is 43.9 Å². The molecule has 4 nitrogen and oxygen atoms in total. The van der Waals surface area contributed by atoms with Gasteiger partial charge in [0.25, 0.3) is 0 Å². The van der Waals surface area contributed by atoms with Crippen LogP contribution in [0.2, 0.25) is 0 Å². The predicted molar refractivity (Wildman–Crippen MR) is 89.7 cm³/mol. The van der Waals surface area contributed by atoms with Crippen molar-refractivity contribution >= 4 is 23.0 Å². The van der Waals surface area contributed by atoms with E-state index >= 15 is 0 Å². The summed E-state index contributed by atoms with van der Waals surface area (Å²) in [6.07, 6.45) is 3.76. The van der Waals surface area contributed by atoms with Gasteiger partial charge in [0.15, 0.2) is 0 Å². The highest BCUT2D eigenvalue weighted by molar-refractivity contribution is 5.98. The average molecular weight is 289 g/mol. The lowest BCUT2D eigenvalue weighted by Gasteiger charge is -2.31. The molecule has 0 unspecified atom stereocenters. The zero-order valence-electron chi connectivity index (χ0n) is 13.6. The molecule has 0 aliphatic carbocycles. The molecule has 1 aromatic rings. The third kappa shape index (κ3) is 3.69. The molecular formula is C17H27N3O. The van der Waals surface area contributed by atoms with Crippen LogP contribution in [0, 0.1) is 12.3 Å². The number of anilines is 3. The van der Waals surface area contributed by atoms with Crippen LogP contribution in [-0.2, 0) is 4.79 Å². The zero-order chi connectivity index (χ0) is 15.6. The normalized spacial score (nSPS) is 15.9. The maximum Gasteiger partial charge on any atom is 0.229 e. The standard InChI is InChI=1S/C17H27N3O/c1-12-10-13(18)14(19-16(21)17(2,3)4)11-15(12)20-8-6-5-7-9-20/h10-11H,5-9,18H2,1-4H3,(H,19,21). The number of hydrogen-bond donors (Lipinski definition) is 2. The number of nitrogens with zero attached hydrogens (tertiary/aromatic N) is 1. The molecule has 116 valence electrons. The molecule has 2 rings (SSSR count). The summed E-state index contributed by atoms with van der Waals surface area (Å²) < 4.78 is 0. The van der Waals surface area contributed by atoms with Crippen LogP contribution in [0.5, 0.6) is 0 Å². The van der Waals surface area contributed by atoms with Gasteiger partial charge in [-0.2, -0.15) is 0 Å². The van der Waals surface area contributed by atoms with E-state index in [4.69, 9.17) is 5.73 Å². The first-order valence-electron chi connectivity index (χ1n) is 7.75. The van der Waals surface area contributed by atoms with Crippen molar-refractivity contribution in [2.45, 2.75) is 47.0 Å². The Morgan fingerprint density at radius 1 is 1.19 bits per heavy atom. The van der Waals surface area contributed by atoms with Gasteiger partial charge in [0.1, 0.15) is 0 Å². The summed E-state index contributed by atoms with van der Waals surface area (Å²) in [6, 6.07) is 3.99. The smallest absolute Gasteiger partial charge is 0.229 e. The number of aryl methyl sites for hydroxylation is 1. The summed E-state index contributed by atoms with van der Waals surface area (Å²) in [7, 11) is 0. The molecule has 0 atom stereocenters. The number of amides is 1. The van der Waals surface area contributed by atoms with Crippen molar-refractivity contribution in [3.05, 3.63) is 17.7 Å². The topological polar surface area (TPSA) is 58.4 Å². The Labute approximate surface area is 127 Å². The van der Waals surface area contributed by atoms with Crippen LogP contribution in [-0.4, -0.2) is 19.0 Å². The molecule has 1 amide bonds. The maximum atomic E-state index is 12.2. The van der Waals surface area contributed by atoms with Crippen molar-refractivity contribution in [3.8, 4) is 0 Å². The Kier molecular flexibility index (Phi) is 4.45. The summed E-state index contributed by atoms with van der Waals surface area (Å²) in [5.74, 6) is -0.0114. The summed E-state index contributed by atoms with van der Waals surface area (Å²) in [5.41, 5.74) is 9.36. The Hall–Kier alpha value is -1.71. The second kappa shape index (κ2) is 5.96. The van der Waals surface area contributed by atoms with Crippen molar-refractivity contribution in [3.63, 3.8) is 0 Å². The second-order valence-electron chi connectivity index (χ2n) is 6.98. The fraction of sp³-hybridized carbons (Fsp3) is 0.588. The van der Waals surface area contributed by atoms with Crippen molar-refractivity contribution in [2.75, 3.05) is 29.0 Å². The van der Waals surface area contributed by atoms with E-state index in [1.54, 1.807) is 0 Å². The molecule has 0 bridgehead atoms. The summed E-state index contributed by atoms with van der Waals surface area (Å²) in [5, 5.41) is 2.97. The van der Waals surface area contributed by atoms with Crippen LogP contribution < -0.4 is 16.0 Å². The molecule has 0 aromatic heterocycles. The molecule has 21 heavy (non-hydrogen) atoms. The van der Waals surface area contributed by atoms with Gasteiger partial charge >= 0.3 is 0 Å². The molecule has 1 aliphatic rings. The van der Waals surface area contributed by atoms with Crippen LogP contribution in [0.4, 0.5) is 17.1 Å². The number of carbonyl (C=O) groups is 1. The summed E-state index contributed by atoms with van der Waals surface area (Å²) in [4.78, 5) is 14.6. The number of piperidine rings is 1. The highest BCUT2D eigenvalue weighted by Gasteiger charge is 2.23. The van der Waals surface area contributed by atoms with Gasteiger partial charge < -0.3 is 16.0 Å². The number of benzene rings is 1. The minimum atomic E-state index is -0.428. The first-order chi connectivity index (χ1) is 9.79. The Balaban J connectivity index is 2.27. The second-order valence-corrected chi connectivity index (χ2v) is 6.98.